The Balaban J connectivity index is 1.28. The van der Waals surface area contributed by atoms with E-state index in [2.05, 4.69) is 59.1 Å². The number of ether oxygens (including phenoxy) is 1. The lowest BCUT2D eigenvalue weighted by Crippen LogP contribution is -2.49. The largest absolute Gasteiger partial charge is 0.423 e. The molecule has 7 nitrogen and oxygen atoms in total. The Morgan fingerprint density at radius 1 is 1.08 bits per heavy atom. The Hall–Kier alpha value is -2.90. The Morgan fingerprint density at radius 2 is 1.89 bits per heavy atom. The van der Waals surface area contributed by atoms with Crippen LogP contribution in [-0.2, 0) is 6.42 Å². The lowest BCUT2D eigenvalue weighted by Gasteiger charge is -2.37. The summed E-state index contributed by atoms with van der Waals surface area (Å²) in [5, 5.41) is 4.02. The van der Waals surface area contributed by atoms with Crippen LogP contribution in [0.2, 0.25) is 5.02 Å². The van der Waals surface area contributed by atoms with Crippen molar-refractivity contribution in [2.24, 2.45) is 10.9 Å². The van der Waals surface area contributed by atoms with E-state index in [1.54, 1.807) is 0 Å². The number of halogens is 1. The molecule has 0 spiro atoms. The van der Waals surface area contributed by atoms with Gasteiger partial charge in [-0.05, 0) is 69.2 Å². The van der Waals surface area contributed by atoms with Crippen molar-refractivity contribution in [3.05, 3.63) is 51.6 Å². The zero-order valence-electron chi connectivity index (χ0n) is 21.2. The summed E-state index contributed by atoms with van der Waals surface area (Å²) in [6.07, 6.45) is 7.79. The highest BCUT2D eigenvalue weighted by atomic mass is 35.5. The standard InChI is InChI=1S/C28H33ClN6O/c1-17(2)34-8-10-35(11-9-34)26-15-25(31-24-14-21(16-30-24)19-4-5-19)32-28(33-26)36-23-7-6-20-12-18(3)13-22(20)27(23)29/h6-7,13-15,17,19H,4-5,8-12,16H2,1-3H3,(H,30,31,32,33). The molecule has 1 aromatic carbocycles. The van der Waals surface area contributed by atoms with E-state index in [-0.39, 0.29) is 6.01 Å². The molecular formula is C28H33ClN6O. The maximum Gasteiger partial charge on any atom is 0.325 e. The van der Waals surface area contributed by atoms with Gasteiger partial charge >= 0.3 is 6.01 Å². The number of aromatic nitrogens is 2. The molecule has 0 radical (unpaired) electrons. The molecule has 2 aliphatic heterocycles. The van der Waals surface area contributed by atoms with E-state index in [1.165, 1.54) is 29.6 Å². The highest BCUT2D eigenvalue weighted by Crippen LogP contribution is 2.39. The van der Waals surface area contributed by atoms with E-state index in [0.717, 1.165) is 56.4 Å². The van der Waals surface area contributed by atoms with Crippen LogP contribution in [0.1, 0.15) is 44.7 Å². The topological polar surface area (TPSA) is 65.9 Å². The molecule has 0 unspecified atom stereocenters. The minimum atomic E-state index is 0.284. The summed E-state index contributed by atoms with van der Waals surface area (Å²) in [7, 11) is 0. The number of benzene rings is 1. The number of fused-ring (bicyclic) bond motifs is 1. The molecule has 2 aliphatic carbocycles. The van der Waals surface area contributed by atoms with Crippen molar-refractivity contribution in [1.29, 1.82) is 0 Å². The van der Waals surface area contributed by atoms with E-state index in [4.69, 9.17) is 26.3 Å². The van der Waals surface area contributed by atoms with Gasteiger partial charge in [0, 0.05) is 43.9 Å². The summed E-state index contributed by atoms with van der Waals surface area (Å²) in [4.78, 5) is 19.0. The monoisotopic (exact) mass is 504 g/mol. The molecule has 1 aromatic heterocycles. The van der Waals surface area contributed by atoms with Crippen LogP contribution in [0.15, 0.2) is 40.4 Å². The molecule has 2 aromatic rings. The molecule has 4 aliphatic rings. The lowest BCUT2D eigenvalue weighted by atomic mass is 10.1. The average molecular weight is 505 g/mol. The van der Waals surface area contributed by atoms with Crippen molar-refractivity contribution in [2.75, 3.05) is 42.9 Å². The van der Waals surface area contributed by atoms with Gasteiger partial charge in [-0.15, -0.1) is 0 Å². The van der Waals surface area contributed by atoms with E-state index >= 15 is 0 Å². The first kappa shape index (κ1) is 23.5. The summed E-state index contributed by atoms with van der Waals surface area (Å²) in [5.41, 5.74) is 4.97. The SMILES string of the molecule is CC1=Cc2c(ccc(Oc3nc(NC4=NCC(C5CC5)=C4)cc(N4CCN(C(C)C)CC4)n3)c2Cl)C1. The molecule has 1 saturated heterocycles. The Morgan fingerprint density at radius 3 is 2.64 bits per heavy atom. The van der Waals surface area contributed by atoms with Crippen molar-refractivity contribution < 1.29 is 4.74 Å². The number of amidine groups is 1. The quantitative estimate of drug-likeness (QED) is 0.554. The first-order valence-corrected chi connectivity index (χ1v) is 13.4. The molecule has 1 N–H and O–H groups in total. The number of nitrogens with zero attached hydrogens (tertiary/aromatic N) is 5. The Kier molecular flexibility index (Phi) is 6.21. The van der Waals surface area contributed by atoms with Gasteiger partial charge in [0.25, 0.3) is 0 Å². The number of piperazine rings is 1. The van der Waals surface area contributed by atoms with Crippen molar-refractivity contribution >= 4 is 35.1 Å². The van der Waals surface area contributed by atoms with Gasteiger partial charge < -0.3 is 15.0 Å². The summed E-state index contributed by atoms with van der Waals surface area (Å²) in [5.74, 6) is 3.67. The van der Waals surface area contributed by atoms with Crippen LogP contribution in [0.4, 0.5) is 11.6 Å². The molecule has 0 bridgehead atoms. The van der Waals surface area contributed by atoms with Crippen molar-refractivity contribution in [2.45, 2.75) is 46.1 Å². The number of hydrogen-bond donors (Lipinski definition) is 1. The molecule has 188 valence electrons. The average Bonchev–Trinajstić information content (AvgIpc) is 3.49. The van der Waals surface area contributed by atoms with Crippen LogP contribution in [0.3, 0.4) is 0 Å². The van der Waals surface area contributed by atoms with Gasteiger partial charge in [-0.3, -0.25) is 9.89 Å². The lowest BCUT2D eigenvalue weighted by molar-refractivity contribution is 0.209. The molecule has 36 heavy (non-hydrogen) atoms. The number of nitrogens with one attached hydrogen (secondary N) is 1. The van der Waals surface area contributed by atoms with Crippen LogP contribution in [0.25, 0.3) is 6.08 Å². The molecule has 1 saturated carbocycles. The molecule has 6 rings (SSSR count). The van der Waals surface area contributed by atoms with E-state index < -0.39 is 0 Å². The number of aliphatic imine (C=N–C) groups is 1. The van der Waals surface area contributed by atoms with Crippen LogP contribution < -0.4 is 15.0 Å². The molecule has 8 heteroatoms. The Bertz CT molecular complexity index is 1270. The van der Waals surface area contributed by atoms with Crippen molar-refractivity contribution in [3.63, 3.8) is 0 Å². The summed E-state index contributed by atoms with van der Waals surface area (Å²) >= 11 is 6.75. The van der Waals surface area contributed by atoms with Crippen LogP contribution >= 0.6 is 11.6 Å². The minimum Gasteiger partial charge on any atom is -0.423 e. The summed E-state index contributed by atoms with van der Waals surface area (Å²) < 4.78 is 6.22. The van der Waals surface area contributed by atoms with Gasteiger partial charge in [-0.2, -0.15) is 9.97 Å². The van der Waals surface area contributed by atoms with E-state index in [1.807, 2.05) is 12.1 Å². The highest BCUT2D eigenvalue weighted by molar-refractivity contribution is 6.33. The third-order valence-electron chi connectivity index (χ3n) is 7.47. The summed E-state index contributed by atoms with van der Waals surface area (Å²) in [6, 6.07) is 6.83. The van der Waals surface area contributed by atoms with Gasteiger partial charge in [0.2, 0.25) is 0 Å². The third kappa shape index (κ3) is 4.87. The van der Waals surface area contributed by atoms with Gasteiger partial charge in [0.1, 0.15) is 23.2 Å². The Labute approximate surface area is 217 Å². The first-order chi connectivity index (χ1) is 17.4. The second kappa shape index (κ2) is 9.52. The maximum absolute atomic E-state index is 6.75. The zero-order valence-corrected chi connectivity index (χ0v) is 22.0. The first-order valence-electron chi connectivity index (χ1n) is 13.0. The smallest absolute Gasteiger partial charge is 0.325 e. The zero-order chi connectivity index (χ0) is 24.8. The molecular weight excluding hydrogens is 472 g/mol. The summed E-state index contributed by atoms with van der Waals surface area (Å²) in [6.45, 7) is 11.2. The highest BCUT2D eigenvalue weighted by Gasteiger charge is 2.28. The van der Waals surface area contributed by atoms with Gasteiger partial charge in [0.05, 0.1) is 11.6 Å². The predicted molar refractivity (Wildman–Crippen MR) is 147 cm³/mol. The number of allylic oxidation sites excluding steroid dienone is 1. The molecule has 2 fully saturated rings. The molecule has 0 amide bonds. The van der Waals surface area contributed by atoms with Crippen molar-refractivity contribution in [1.82, 2.24) is 14.9 Å². The predicted octanol–water partition coefficient (Wildman–Crippen LogP) is 5.57. The molecule has 3 heterocycles. The van der Waals surface area contributed by atoms with Gasteiger partial charge in [0.15, 0.2) is 0 Å². The van der Waals surface area contributed by atoms with Gasteiger partial charge in [-0.25, -0.2) is 0 Å². The molecule has 0 atom stereocenters. The fraction of sp³-hybridized carbons (Fsp3) is 0.464. The van der Waals surface area contributed by atoms with Gasteiger partial charge in [-0.1, -0.05) is 29.3 Å². The fourth-order valence-corrected chi connectivity index (χ4v) is 5.48. The normalized spacial score (nSPS) is 19.8. The third-order valence-corrected chi connectivity index (χ3v) is 7.86. The minimum absolute atomic E-state index is 0.284. The van der Waals surface area contributed by atoms with Crippen molar-refractivity contribution in [3.8, 4) is 11.8 Å². The van der Waals surface area contributed by atoms with E-state index in [9.17, 15) is 0 Å². The number of rotatable bonds is 6. The number of hydrogen-bond acceptors (Lipinski definition) is 7. The number of anilines is 2. The van der Waals surface area contributed by atoms with Crippen LogP contribution in [-0.4, -0.2) is 59.5 Å². The second-order valence-corrected chi connectivity index (χ2v) is 10.9. The van der Waals surface area contributed by atoms with Crippen LogP contribution in [0, 0.1) is 5.92 Å². The maximum atomic E-state index is 6.75. The fourth-order valence-electron chi connectivity index (χ4n) is 5.20. The van der Waals surface area contributed by atoms with E-state index in [0.29, 0.717) is 28.5 Å². The second-order valence-electron chi connectivity index (χ2n) is 10.6. The van der Waals surface area contributed by atoms with Crippen LogP contribution in [0.5, 0.6) is 11.8 Å².